The quantitative estimate of drug-likeness (QED) is 0.277. The molecular formula is C22H26FN5OS. The van der Waals surface area contributed by atoms with Gasteiger partial charge in [0.15, 0.2) is 11.6 Å². The molecule has 2 aliphatic rings. The van der Waals surface area contributed by atoms with E-state index < -0.39 is 0 Å². The van der Waals surface area contributed by atoms with E-state index in [1.54, 1.807) is 6.07 Å². The van der Waals surface area contributed by atoms with Gasteiger partial charge in [-0.1, -0.05) is 27.4 Å². The standard InChI is InChI=1S/C22H26FN5OS/c1-12(22(2,3)4)21(24)29-14-6-5-13(9-14)17-10-19(28-27-17)26-16-7-8-18-15(20(16)23)11-25-30-18/h6-8,10,13,24-25H,1,5,9,11H2,2-4H3,(H2,26,27,28). The van der Waals surface area contributed by atoms with Crippen molar-refractivity contribution in [2.75, 3.05) is 5.32 Å². The molecule has 6 nitrogen and oxygen atoms in total. The summed E-state index contributed by atoms with van der Waals surface area (Å²) in [7, 11) is 0. The molecule has 30 heavy (non-hydrogen) atoms. The third-order valence-electron chi connectivity index (χ3n) is 5.42. The third-order valence-corrected chi connectivity index (χ3v) is 6.31. The molecule has 4 N–H and O–H groups in total. The minimum Gasteiger partial charge on any atom is -0.444 e. The highest BCUT2D eigenvalue weighted by molar-refractivity contribution is 7.97. The second-order valence-electron chi connectivity index (χ2n) is 8.63. The molecule has 1 aliphatic heterocycles. The molecule has 158 valence electrons. The zero-order valence-electron chi connectivity index (χ0n) is 17.4. The number of nitrogens with zero attached hydrogens (tertiary/aromatic N) is 1. The lowest BCUT2D eigenvalue weighted by Gasteiger charge is -2.22. The van der Waals surface area contributed by atoms with Gasteiger partial charge in [-0.05, 0) is 42.0 Å². The van der Waals surface area contributed by atoms with Crippen molar-refractivity contribution in [2.24, 2.45) is 5.41 Å². The zero-order chi connectivity index (χ0) is 21.5. The SMILES string of the molecule is C=C(C(=N)OC1=CCC(c2cc(Nc3ccc4c(c3F)CNS4)n[nH]2)C1)C(C)(C)C. The zero-order valence-corrected chi connectivity index (χ0v) is 18.2. The van der Waals surface area contributed by atoms with E-state index in [1.165, 1.54) is 11.9 Å². The number of aromatic amines is 1. The monoisotopic (exact) mass is 427 g/mol. The number of halogens is 1. The first-order chi connectivity index (χ1) is 14.2. The van der Waals surface area contributed by atoms with Gasteiger partial charge in [-0.25, -0.2) is 4.39 Å². The van der Waals surface area contributed by atoms with Gasteiger partial charge in [-0.2, -0.15) is 5.10 Å². The molecular weight excluding hydrogens is 401 g/mol. The van der Waals surface area contributed by atoms with Crippen LogP contribution < -0.4 is 10.0 Å². The molecule has 1 aromatic heterocycles. The molecule has 0 saturated carbocycles. The van der Waals surface area contributed by atoms with Gasteiger partial charge in [-0.15, -0.1) is 0 Å². The molecule has 1 aromatic carbocycles. The Labute approximate surface area is 180 Å². The van der Waals surface area contributed by atoms with Gasteiger partial charge < -0.3 is 10.1 Å². The topological polar surface area (TPSA) is 85.8 Å². The van der Waals surface area contributed by atoms with Crippen LogP contribution in [0.15, 0.2) is 47.1 Å². The second-order valence-corrected chi connectivity index (χ2v) is 9.56. The van der Waals surface area contributed by atoms with E-state index in [4.69, 9.17) is 10.1 Å². The second kappa shape index (κ2) is 7.92. The van der Waals surface area contributed by atoms with E-state index in [2.05, 4.69) is 26.8 Å². The number of fused-ring (bicyclic) bond motifs is 1. The first-order valence-corrected chi connectivity index (χ1v) is 10.7. The first kappa shape index (κ1) is 20.7. The van der Waals surface area contributed by atoms with Crippen LogP contribution in [0.25, 0.3) is 0 Å². The molecule has 0 bridgehead atoms. The molecule has 0 amide bonds. The maximum Gasteiger partial charge on any atom is 0.214 e. The smallest absolute Gasteiger partial charge is 0.214 e. The average Bonchev–Trinajstić information content (AvgIpc) is 3.43. The Kier molecular flexibility index (Phi) is 5.46. The molecule has 2 aromatic rings. The summed E-state index contributed by atoms with van der Waals surface area (Å²) in [5.74, 6) is 1.40. The fraction of sp³-hybridized carbons (Fsp3) is 0.364. The summed E-state index contributed by atoms with van der Waals surface area (Å²) in [6.07, 6.45) is 3.48. The Hall–Kier alpha value is -2.58. The summed E-state index contributed by atoms with van der Waals surface area (Å²) in [4.78, 5) is 0.921. The molecule has 1 atom stereocenters. The molecule has 2 heterocycles. The van der Waals surface area contributed by atoms with Crippen molar-refractivity contribution in [3.05, 3.63) is 59.3 Å². The van der Waals surface area contributed by atoms with E-state index >= 15 is 0 Å². The van der Waals surface area contributed by atoms with E-state index in [-0.39, 0.29) is 23.0 Å². The van der Waals surface area contributed by atoms with Gasteiger partial charge >= 0.3 is 0 Å². The number of rotatable bonds is 5. The van der Waals surface area contributed by atoms with Gasteiger partial charge in [-0.3, -0.25) is 15.2 Å². The Bertz CT molecular complexity index is 1040. The largest absolute Gasteiger partial charge is 0.444 e. The van der Waals surface area contributed by atoms with Gasteiger partial charge in [0.1, 0.15) is 5.76 Å². The van der Waals surface area contributed by atoms with Crippen LogP contribution in [-0.2, 0) is 11.3 Å². The van der Waals surface area contributed by atoms with Crippen molar-refractivity contribution >= 4 is 29.4 Å². The summed E-state index contributed by atoms with van der Waals surface area (Å²) >= 11 is 1.45. The van der Waals surface area contributed by atoms with Crippen LogP contribution in [0.3, 0.4) is 0 Å². The number of nitrogens with one attached hydrogen (secondary N) is 4. The minimum absolute atomic E-state index is 0.112. The van der Waals surface area contributed by atoms with Crippen molar-refractivity contribution in [1.82, 2.24) is 14.9 Å². The number of hydrogen-bond acceptors (Lipinski definition) is 6. The van der Waals surface area contributed by atoms with Crippen LogP contribution >= 0.6 is 11.9 Å². The molecule has 1 aliphatic carbocycles. The van der Waals surface area contributed by atoms with Gasteiger partial charge in [0.25, 0.3) is 0 Å². The van der Waals surface area contributed by atoms with Crippen molar-refractivity contribution in [2.45, 2.75) is 51.0 Å². The van der Waals surface area contributed by atoms with Crippen LogP contribution in [0, 0.1) is 16.6 Å². The maximum absolute atomic E-state index is 14.7. The summed E-state index contributed by atoms with van der Waals surface area (Å²) in [6, 6.07) is 5.55. The van der Waals surface area contributed by atoms with Crippen LogP contribution in [0.5, 0.6) is 0 Å². The van der Waals surface area contributed by atoms with Crippen molar-refractivity contribution in [1.29, 1.82) is 5.41 Å². The highest BCUT2D eigenvalue weighted by atomic mass is 32.2. The lowest BCUT2D eigenvalue weighted by molar-refractivity contribution is 0.376. The molecule has 1 unspecified atom stereocenters. The highest BCUT2D eigenvalue weighted by Gasteiger charge is 2.26. The Morgan fingerprint density at radius 3 is 2.97 bits per heavy atom. The summed E-state index contributed by atoms with van der Waals surface area (Å²) in [5, 5.41) is 18.6. The molecule has 0 fully saturated rings. The number of allylic oxidation sites excluding steroid dienone is 2. The van der Waals surface area contributed by atoms with Crippen molar-refractivity contribution < 1.29 is 9.13 Å². The number of benzene rings is 1. The number of anilines is 2. The van der Waals surface area contributed by atoms with Gasteiger partial charge in [0.05, 0.1) is 5.69 Å². The third kappa shape index (κ3) is 4.15. The van der Waals surface area contributed by atoms with E-state index in [9.17, 15) is 4.39 Å². The van der Waals surface area contributed by atoms with Crippen LogP contribution in [0.4, 0.5) is 15.9 Å². The Morgan fingerprint density at radius 1 is 1.40 bits per heavy atom. The van der Waals surface area contributed by atoms with Gasteiger partial charge in [0, 0.05) is 46.7 Å². The first-order valence-electron chi connectivity index (χ1n) is 9.91. The molecule has 8 heteroatoms. The maximum atomic E-state index is 14.7. The molecule has 0 spiro atoms. The van der Waals surface area contributed by atoms with E-state index in [0.29, 0.717) is 35.6 Å². The average molecular weight is 428 g/mol. The van der Waals surface area contributed by atoms with Crippen LogP contribution in [0.1, 0.15) is 50.8 Å². The van der Waals surface area contributed by atoms with E-state index in [1.807, 2.05) is 39.0 Å². The normalized spacial score (nSPS) is 18.1. The Morgan fingerprint density at radius 2 is 2.20 bits per heavy atom. The summed E-state index contributed by atoms with van der Waals surface area (Å²) in [6.45, 7) is 10.5. The molecule has 4 rings (SSSR count). The predicted octanol–water partition coefficient (Wildman–Crippen LogP) is 5.76. The van der Waals surface area contributed by atoms with Crippen LogP contribution in [0.2, 0.25) is 0 Å². The predicted molar refractivity (Wildman–Crippen MR) is 118 cm³/mol. The molecule has 0 radical (unpaired) electrons. The van der Waals surface area contributed by atoms with Crippen molar-refractivity contribution in [3.63, 3.8) is 0 Å². The number of H-pyrrole nitrogens is 1. The van der Waals surface area contributed by atoms with Crippen molar-refractivity contribution in [3.8, 4) is 0 Å². The summed E-state index contributed by atoms with van der Waals surface area (Å²) < 4.78 is 23.5. The Balaban J connectivity index is 1.38. The lowest BCUT2D eigenvalue weighted by atomic mass is 9.87. The fourth-order valence-electron chi connectivity index (χ4n) is 3.43. The minimum atomic E-state index is -0.245. The molecule has 0 saturated heterocycles. The number of ether oxygens (including phenoxy) is 1. The van der Waals surface area contributed by atoms with E-state index in [0.717, 1.165) is 22.8 Å². The lowest BCUT2D eigenvalue weighted by Crippen LogP contribution is -2.18. The van der Waals surface area contributed by atoms with Gasteiger partial charge in [0.2, 0.25) is 5.90 Å². The fourth-order valence-corrected chi connectivity index (χ4v) is 4.22. The highest BCUT2D eigenvalue weighted by Crippen LogP contribution is 2.37. The van der Waals surface area contributed by atoms with Crippen LogP contribution in [-0.4, -0.2) is 16.1 Å². The number of aromatic nitrogens is 2. The number of hydrogen-bond donors (Lipinski definition) is 4. The summed E-state index contributed by atoms with van der Waals surface area (Å²) in [5.41, 5.74) is 2.51.